The van der Waals surface area contributed by atoms with Crippen LogP contribution in [0.25, 0.3) is 10.9 Å². The van der Waals surface area contributed by atoms with E-state index in [1.54, 1.807) is 35.9 Å². The number of fused-ring (bicyclic) bond motifs is 1. The molecule has 0 fully saturated rings. The smallest absolute Gasteiger partial charge is 0.352 e. The van der Waals surface area contributed by atoms with Crippen molar-refractivity contribution < 1.29 is 19.0 Å². The summed E-state index contributed by atoms with van der Waals surface area (Å²) in [4.78, 5) is 12.4. The van der Waals surface area contributed by atoms with Gasteiger partial charge in [0.1, 0.15) is 17.3 Å². The van der Waals surface area contributed by atoms with E-state index < -0.39 is 5.97 Å². The maximum atomic E-state index is 14.4. The van der Waals surface area contributed by atoms with Gasteiger partial charge in [0.25, 0.3) is 0 Å². The topological polar surface area (TPSA) is 63.5 Å². The minimum Gasteiger partial charge on any atom is -0.497 e. The van der Waals surface area contributed by atoms with Crippen molar-refractivity contribution >= 4 is 16.9 Å². The number of aromatic nitrogens is 1. The van der Waals surface area contributed by atoms with Crippen LogP contribution in [0.1, 0.15) is 40.0 Å². The lowest BCUT2D eigenvalue weighted by Gasteiger charge is -2.14. The van der Waals surface area contributed by atoms with Gasteiger partial charge < -0.3 is 19.7 Å². The zero-order valence-electron chi connectivity index (χ0n) is 18.7. The molecule has 0 saturated carbocycles. The summed E-state index contributed by atoms with van der Waals surface area (Å²) in [6.45, 7) is 3.32. The number of ether oxygens (including phenoxy) is 1. The van der Waals surface area contributed by atoms with Crippen molar-refractivity contribution in [2.24, 2.45) is 0 Å². The van der Waals surface area contributed by atoms with Gasteiger partial charge in [-0.3, -0.25) is 0 Å². The molecule has 0 amide bonds. The zero-order chi connectivity index (χ0) is 23.4. The highest BCUT2D eigenvalue weighted by Crippen LogP contribution is 2.31. The van der Waals surface area contributed by atoms with Gasteiger partial charge in [-0.2, -0.15) is 0 Å². The van der Waals surface area contributed by atoms with E-state index in [9.17, 15) is 14.3 Å². The standard InChI is InChI=1S/C27H27FN2O3/c1-18(19-8-4-3-5-9-19)15-29-16-23-22-13-12-21(33-2)14-25(22)30(26(23)27(31)32)17-20-10-6-7-11-24(20)28/h3-14,18,29H,15-17H2,1-2H3,(H,31,32)/t18-/m1/s1. The van der Waals surface area contributed by atoms with Gasteiger partial charge in [0, 0.05) is 35.7 Å². The molecule has 0 bridgehead atoms. The highest BCUT2D eigenvalue weighted by atomic mass is 19.1. The third-order valence-electron chi connectivity index (χ3n) is 5.99. The van der Waals surface area contributed by atoms with E-state index in [1.165, 1.54) is 11.6 Å². The largest absolute Gasteiger partial charge is 0.497 e. The molecular formula is C27H27FN2O3. The summed E-state index contributed by atoms with van der Waals surface area (Å²) in [5.74, 6) is -0.528. The fourth-order valence-electron chi connectivity index (χ4n) is 4.23. The van der Waals surface area contributed by atoms with E-state index >= 15 is 0 Å². The number of methoxy groups -OCH3 is 1. The third-order valence-corrected chi connectivity index (χ3v) is 5.99. The Labute approximate surface area is 192 Å². The predicted molar refractivity (Wildman–Crippen MR) is 128 cm³/mol. The number of rotatable bonds is 9. The molecule has 5 nitrogen and oxygen atoms in total. The molecule has 1 heterocycles. The minimum atomic E-state index is -1.05. The molecule has 170 valence electrons. The molecule has 0 radical (unpaired) electrons. The van der Waals surface area contributed by atoms with E-state index in [0.29, 0.717) is 35.5 Å². The van der Waals surface area contributed by atoms with Crippen molar-refractivity contribution in [3.63, 3.8) is 0 Å². The van der Waals surface area contributed by atoms with Crippen LogP contribution in [0.4, 0.5) is 4.39 Å². The zero-order valence-corrected chi connectivity index (χ0v) is 18.7. The molecule has 3 aromatic carbocycles. The first-order chi connectivity index (χ1) is 16.0. The third kappa shape index (κ3) is 4.76. The van der Waals surface area contributed by atoms with Gasteiger partial charge in [0.2, 0.25) is 0 Å². The average Bonchev–Trinajstić information content (AvgIpc) is 3.13. The van der Waals surface area contributed by atoms with Crippen molar-refractivity contribution in [3.05, 3.63) is 101 Å². The van der Waals surface area contributed by atoms with Crippen LogP contribution >= 0.6 is 0 Å². The van der Waals surface area contributed by atoms with E-state index in [4.69, 9.17) is 4.74 Å². The van der Waals surface area contributed by atoms with Gasteiger partial charge in [-0.05, 0) is 29.7 Å². The first-order valence-electron chi connectivity index (χ1n) is 10.9. The normalized spacial score (nSPS) is 12.1. The number of halogens is 1. The molecule has 0 aliphatic heterocycles. The number of hydrogen-bond acceptors (Lipinski definition) is 3. The number of hydrogen-bond donors (Lipinski definition) is 2. The Balaban J connectivity index is 1.71. The maximum Gasteiger partial charge on any atom is 0.352 e. The van der Waals surface area contributed by atoms with Gasteiger partial charge in [-0.1, -0.05) is 55.5 Å². The second-order valence-electron chi connectivity index (χ2n) is 8.14. The van der Waals surface area contributed by atoms with Crippen LogP contribution < -0.4 is 10.1 Å². The Morgan fingerprint density at radius 2 is 1.82 bits per heavy atom. The van der Waals surface area contributed by atoms with Crippen molar-refractivity contribution in [2.75, 3.05) is 13.7 Å². The second-order valence-corrected chi connectivity index (χ2v) is 8.14. The Hall–Kier alpha value is -3.64. The van der Waals surface area contributed by atoms with Crippen LogP contribution in [-0.4, -0.2) is 29.3 Å². The number of carboxylic acid groups (broad SMARTS) is 1. The first-order valence-corrected chi connectivity index (χ1v) is 10.9. The van der Waals surface area contributed by atoms with Gasteiger partial charge in [0.05, 0.1) is 19.2 Å². The van der Waals surface area contributed by atoms with Crippen LogP contribution in [0.15, 0.2) is 72.8 Å². The Kier molecular flexibility index (Phi) is 6.75. The lowest BCUT2D eigenvalue weighted by Crippen LogP contribution is -2.21. The summed E-state index contributed by atoms with van der Waals surface area (Å²) < 4.78 is 21.5. The van der Waals surface area contributed by atoms with Crippen LogP contribution in [-0.2, 0) is 13.1 Å². The lowest BCUT2D eigenvalue weighted by atomic mass is 10.0. The maximum absolute atomic E-state index is 14.4. The molecule has 0 aliphatic rings. The lowest BCUT2D eigenvalue weighted by molar-refractivity contribution is 0.0684. The minimum absolute atomic E-state index is 0.110. The average molecular weight is 447 g/mol. The van der Waals surface area contributed by atoms with Crippen LogP contribution in [0.2, 0.25) is 0 Å². The number of nitrogens with one attached hydrogen (secondary N) is 1. The predicted octanol–water partition coefficient (Wildman–Crippen LogP) is 5.43. The molecule has 0 aliphatic carbocycles. The summed E-state index contributed by atoms with van der Waals surface area (Å²) in [6, 6.07) is 22.1. The quantitative estimate of drug-likeness (QED) is 0.360. The summed E-state index contributed by atoms with van der Waals surface area (Å²) in [6.07, 6.45) is 0. The number of nitrogens with zero attached hydrogens (tertiary/aromatic N) is 1. The Morgan fingerprint density at radius 1 is 1.09 bits per heavy atom. The second kappa shape index (κ2) is 9.88. The van der Waals surface area contributed by atoms with E-state index in [2.05, 4.69) is 24.4 Å². The fraction of sp³-hybridized carbons (Fsp3) is 0.222. The van der Waals surface area contributed by atoms with Gasteiger partial charge in [-0.25, -0.2) is 9.18 Å². The van der Waals surface area contributed by atoms with E-state index in [-0.39, 0.29) is 24.0 Å². The van der Waals surface area contributed by atoms with Crippen LogP contribution in [0, 0.1) is 5.82 Å². The molecule has 0 saturated heterocycles. The number of carbonyl (C=O) groups is 1. The molecule has 1 aromatic heterocycles. The SMILES string of the molecule is COc1ccc2c(CNC[C@@H](C)c3ccccc3)c(C(=O)O)n(Cc3ccccc3F)c2c1. The van der Waals surface area contributed by atoms with Crippen LogP contribution in [0.3, 0.4) is 0 Å². The summed E-state index contributed by atoms with van der Waals surface area (Å²) >= 11 is 0. The first kappa shape index (κ1) is 22.6. The molecular weight excluding hydrogens is 419 g/mol. The van der Waals surface area contributed by atoms with E-state index in [1.807, 2.05) is 30.3 Å². The molecule has 33 heavy (non-hydrogen) atoms. The van der Waals surface area contributed by atoms with E-state index in [0.717, 1.165) is 5.39 Å². The van der Waals surface area contributed by atoms with Gasteiger partial charge in [0.15, 0.2) is 0 Å². The summed E-state index contributed by atoms with van der Waals surface area (Å²) in [5, 5.41) is 14.4. The highest BCUT2D eigenvalue weighted by Gasteiger charge is 2.23. The van der Waals surface area contributed by atoms with Crippen molar-refractivity contribution in [3.8, 4) is 5.75 Å². The van der Waals surface area contributed by atoms with Crippen molar-refractivity contribution in [2.45, 2.75) is 25.9 Å². The molecule has 6 heteroatoms. The van der Waals surface area contributed by atoms with Crippen LogP contribution in [0.5, 0.6) is 5.75 Å². The van der Waals surface area contributed by atoms with Gasteiger partial charge in [-0.15, -0.1) is 0 Å². The number of benzene rings is 3. The highest BCUT2D eigenvalue weighted by molar-refractivity contribution is 5.98. The van der Waals surface area contributed by atoms with Crippen molar-refractivity contribution in [1.29, 1.82) is 0 Å². The molecule has 2 N–H and O–H groups in total. The molecule has 0 spiro atoms. The fourth-order valence-corrected chi connectivity index (χ4v) is 4.23. The number of carboxylic acids is 1. The molecule has 4 rings (SSSR count). The monoisotopic (exact) mass is 446 g/mol. The number of aromatic carboxylic acids is 1. The summed E-state index contributed by atoms with van der Waals surface area (Å²) in [5.41, 5.74) is 3.17. The molecule has 4 aromatic rings. The van der Waals surface area contributed by atoms with Gasteiger partial charge >= 0.3 is 5.97 Å². The Morgan fingerprint density at radius 3 is 2.52 bits per heavy atom. The molecule has 0 unspecified atom stereocenters. The van der Waals surface area contributed by atoms with Crippen molar-refractivity contribution in [1.82, 2.24) is 9.88 Å². The summed E-state index contributed by atoms with van der Waals surface area (Å²) in [7, 11) is 1.57. The molecule has 1 atom stereocenters. The Bertz CT molecular complexity index is 1270.